The molecule has 1 saturated heterocycles. The molecule has 3 rings (SSSR count). The van der Waals surface area contributed by atoms with Gasteiger partial charge in [-0.15, -0.1) is 0 Å². The van der Waals surface area contributed by atoms with Crippen LogP contribution in [0.15, 0.2) is 60.4 Å². The van der Waals surface area contributed by atoms with E-state index in [-0.39, 0.29) is 23.9 Å². The van der Waals surface area contributed by atoms with Crippen molar-refractivity contribution in [1.29, 1.82) is 0 Å². The zero-order valence-electron chi connectivity index (χ0n) is 19.5. The van der Waals surface area contributed by atoms with Crippen LogP contribution >= 0.6 is 0 Å². The quantitative estimate of drug-likeness (QED) is 0.563. The van der Waals surface area contributed by atoms with Crippen molar-refractivity contribution in [3.8, 4) is 0 Å². The van der Waals surface area contributed by atoms with Gasteiger partial charge in [-0.25, -0.2) is 0 Å². The Balaban J connectivity index is 1.83. The minimum Gasteiger partial charge on any atom is -0.469 e. The van der Waals surface area contributed by atoms with Crippen LogP contribution in [-0.2, 0) is 14.3 Å². The van der Waals surface area contributed by atoms with E-state index >= 15 is 0 Å². The molecule has 0 spiro atoms. The van der Waals surface area contributed by atoms with Crippen LogP contribution in [0.4, 0.5) is 0 Å². The topological polar surface area (TPSA) is 49.9 Å². The van der Waals surface area contributed by atoms with Crippen molar-refractivity contribution >= 4 is 11.9 Å². The lowest BCUT2D eigenvalue weighted by Gasteiger charge is -2.46. The Morgan fingerprint density at radius 3 is 2.26 bits per heavy atom. The number of piperidine rings is 1. The Morgan fingerprint density at radius 1 is 1.13 bits per heavy atom. The highest BCUT2D eigenvalue weighted by Crippen LogP contribution is 2.47. The zero-order valence-corrected chi connectivity index (χ0v) is 19.5. The van der Waals surface area contributed by atoms with Gasteiger partial charge in [-0.3, -0.25) is 14.5 Å². The molecular weight excluding hydrogens is 388 g/mol. The number of allylic oxidation sites excluding steroid dienone is 3. The van der Waals surface area contributed by atoms with E-state index in [0.717, 1.165) is 50.0 Å². The molecule has 0 aromatic carbocycles. The maximum absolute atomic E-state index is 13.6. The van der Waals surface area contributed by atoms with Gasteiger partial charge in [0.2, 0.25) is 5.91 Å². The fourth-order valence-electron chi connectivity index (χ4n) is 5.84. The summed E-state index contributed by atoms with van der Waals surface area (Å²) < 4.78 is 4.87. The van der Waals surface area contributed by atoms with Crippen molar-refractivity contribution in [2.75, 3.05) is 20.2 Å². The van der Waals surface area contributed by atoms with Crippen LogP contribution < -0.4 is 0 Å². The number of ether oxygens (including phenoxy) is 1. The molecule has 2 atom stereocenters. The summed E-state index contributed by atoms with van der Waals surface area (Å²) in [5.41, 5.74) is 3.38. The number of nitrogens with zero attached hydrogens (tertiary/aromatic N) is 2. The lowest BCUT2D eigenvalue weighted by molar-refractivity contribution is -0.148. The van der Waals surface area contributed by atoms with Gasteiger partial charge in [0.25, 0.3) is 0 Å². The van der Waals surface area contributed by atoms with Gasteiger partial charge < -0.3 is 9.64 Å². The number of likely N-dealkylation sites (tertiary alicyclic amines) is 1. The molecule has 2 aliphatic heterocycles. The van der Waals surface area contributed by atoms with Crippen LogP contribution in [0.1, 0.15) is 52.9 Å². The van der Waals surface area contributed by atoms with Gasteiger partial charge in [-0.2, -0.15) is 0 Å². The molecule has 1 fully saturated rings. The van der Waals surface area contributed by atoms with Crippen molar-refractivity contribution in [3.05, 3.63) is 60.4 Å². The molecule has 0 bridgehead atoms. The largest absolute Gasteiger partial charge is 0.469 e. The third-order valence-electron chi connectivity index (χ3n) is 7.70. The van der Waals surface area contributed by atoms with E-state index < -0.39 is 11.4 Å². The average molecular weight is 425 g/mol. The van der Waals surface area contributed by atoms with E-state index in [0.29, 0.717) is 0 Å². The van der Waals surface area contributed by atoms with Gasteiger partial charge in [-0.1, -0.05) is 37.5 Å². The summed E-state index contributed by atoms with van der Waals surface area (Å²) in [7, 11) is 1.35. The number of methoxy groups -OCH3 is 1. The molecule has 0 aromatic rings. The highest BCUT2D eigenvalue weighted by atomic mass is 16.5. The number of amides is 1. The monoisotopic (exact) mass is 424 g/mol. The first-order chi connectivity index (χ1) is 14.7. The maximum Gasteiger partial charge on any atom is 0.306 e. The van der Waals surface area contributed by atoms with Gasteiger partial charge in [0.05, 0.1) is 18.9 Å². The van der Waals surface area contributed by atoms with Gasteiger partial charge >= 0.3 is 5.97 Å². The summed E-state index contributed by atoms with van der Waals surface area (Å²) in [5, 5.41) is 0. The predicted octanol–water partition coefficient (Wildman–Crippen LogP) is 4.54. The highest BCUT2D eigenvalue weighted by molar-refractivity contribution is 5.96. The van der Waals surface area contributed by atoms with Crippen molar-refractivity contribution in [2.45, 2.75) is 64.5 Å². The number of carbonyl (C=O) groups is 2. The SMILES string of the molecule is C=CC1=C(C=C)C(C)(CC(=O)OC)C(=O)N1C1CCN(C2(C)CCC(C)=C2C=C)CC1. The molecule has 1 aliphatic carbocycles. The first kappa shape index (κ1) is 23.3. The molecule has 5 heteroatoms. The van der Waals surface area contributed by atoms with Crippen molar-refractivity contribution in [1.82, 2.24) is 9.80 Å². The molecule has 31 heavy (non-hydrogen) atoms. The smallest absolute Gasteiger partial charge is 0.306 e. The molecular formula is C26H36N2O3. The highest BCUT2D eigenvalue weighted by Gasteiger charge is 2.51. The average Bonchev–Trinajstić information content (AvgIpc) is 3.18. The van der Waals surface area contributed by atoms with E-state index in [1.54, 1.807) is 12.2 Å². The van der Waals surface area contributed by atoms with E-state index in [1.165, 1.54) is 18.3 Å². The molecule has 0 saturated carbocycles. The fourth-order valence-corrected chi connectivity index (χ4v) is 5.84. The molecule has 0 radical (unpaired) electrons. The fraction of sp³-hybridized carbons (Fsp3) is 0.538. The molecule has 0 N–H and O–H groups in total. The first-order valence-corrected chi connectivity index (χ1v) is 11.2. The summed E-state index contributed by atoms with van der Waals surface area (Å²) in [6.07, 6.45) is 9.42. The summed E-state index contributed by atoms with van der Waals surface area (Å²) in [6.45, 7) is 20.1. The third kappa shape index (κ3) is 3.63. The van der Waals surface area contributed by atoms with Crippen molar-refractivity contribution in [2.24, 2.45) is 5.41 Å². The number of rotatable bonds is 7. The van der Waals surface area contributed by atoms with E-state index in [4.69, 9.17) is 4.74 Å². The number of hydrogen-bond donors (Lipinski definition) is 0. The van der Waals surface area contributed by atoms with Gasteiger partial charge in [-0.05, 0) is 63.7 Å². The predicted molar refractivity (Wildman–Crippen MR) is 124 cm³/mol. The Hall–Kier alpha value is -2.40. The number of esters is 1. The van der Waals surface area contributed by atoms with Gasteiger partial charge in [0, 0.05) is 30.4 Å². The summed E-state index contributed by atoms with van der Waals surface area (Å²) >= 11 is 0. The molecule has 5 nitrogen and oxygen atoms in total. The maximum atomic E-state index is 13.6. The van der Waals surface area contributed by atoms with Crippen molar-refractivity contribution in [3.63, 3.8) is 0 Å². The molecule has 1 amide bonds. The van der Waals surface area contributed by atoms with Crippen LogP contribution in [0.2, 0.25) is 0 Å². The van der Waals surface area contributed by atoms with Crippen molar-refractivity contribution < 1.29 is 14.3 Å². The van der Waals surface area contributed by atoms with Crippen LogP contribution in [0, 0.1) is 5.41 Å². The second-order valence-corrected chi connectivity index (χ2v) is 9.36. The normalized spacial score (nSPS) is 30.2. The molecule has 0 aromatic heterocycles. The third-order valence-corrected chi connectivity index (χ3v) is 7.70. The number of carbonyl (C=O) groups excluding carboxylic acids is 2. The summed E-state index contributed by atoms with van der Waals surface area (Å²) in [4.78, 5) is 30.1. The second-order valence-electron chi connectivity index (χ2n) is 9.36. The van der Waals surface area contributed by atoms with Gasteiger partial charge in [0.1, 0.15) is 0 Å². The number of hydrogen-bond acceptors (Lipinski definition) is 4. The van der Waals surface area contributed by atoms with Crippen LogP contribution in [-0.4, -0.2) is 53.5 Å². The van der Waals surface area contributed by atoms with E-state index in [2.05, 4.69) is 38.5 Å². The van der Waals surface area contributed by atoms with Crippen LogP contribution in [0.5, 0.6) is 0 Å². The molecule has 2 unspecified atom stereocenters. The molecule has 2 heterocycles. The lowest BCUT2D eigenvalue weighted by atomic mass is 9.79. The lowest BCUT2D eigenvalue weighted by Crippen LogP contribution is -2.54. The standard InChI is InChI=1S/C26H36N2O3/c1-8-20-18(4)11-14-26(20,6)27-15-12-19(13-16-27)28-22(10-3)21(9-2)25(5,24(28)30)17-23(29)31-7/h8-10,19H,1-3,11-17H2,4-7H3. The van der Waals surface area contributed by atoms with Crippen LogP contribution in [0.25, 0.3) is 0 Å². The Labute approximate surface area is 186 Å². The minimum absolute atomic E-state index is 0.00120. The Morgan fingerprint density at radius 2 is 1.74 bits per heavy atom. The Bertz CT molecular complexity index is 875. The van der Waals surface area contributed by atoms with Gasteiger partial charge in [0.15, 0.2) is 0 Å². The minimum atomic E-state index is -0.969. The second kappa shape index (κ2) is 8.62. The molecule has 168 valence electrons. The van der Waals surface area contributed by atoms with Crippen LogP contribution in [0.3, 0.4) is 0 Å². The molecule has 3 aliphatic rings. The van der Waals surface area contributed by atoms with E-state index in [9.17, 15) is 9.59 Å². The Kier molecular flexibility index (Phi) is 6.47. The summed E-state index contributed by atoms with van der Waals surface area (Å²) in [6, 6.07) is 0.0773. The van der Waals surface area contributed by atoms with E-state index in [1.807, 2.05) is 17.9 Å². The zero-order chi connectivity index (χ0) is 23.0. The summed E-state index contributed by atoms with van der Waals surface area (Å²) in [5.74, 6) is -0.459. The first-order valence-electron chi connectivity index (χ1n) is 11.2.